The quantitative estimate of drug-likeness (QED) is 0.356. The average Bonchev–Trinajstić information content (AvgIpc) is 2.39. The van der Waals surface area contributed by atoms with Gasteiger partial charge in [0.2, 0.25) is 5.91 Å². The molecule has 0 heterocycles. The van der Waals surface area contributed by atoms with E-state index in [-0.39, 0.29) is 5.91 Å². The van der Waals surface area contributed by atoms with E-state index in [4.69, 9.17) is 5.53 Å². The fourth-order valence-corrected chi connectivity index (χ4v) is 1.60. The maximum Gasteiger partial charge on any atom is 0.230 e. The van der Waals surface area contributed by atoms with Crippen molar-refractivity contribution in [3.8, 4) is 0 Å². The summed E-state index contributed by atoms with van der Waals surface area (Å²) in [7, 11) is 0. The smallest absolute Gasteiger partial charge is 0.230 e. The molecule has 0 bridgehead atoms. The van der Waals surface area contributed by atoms with E-state index in [1.54, 1.807) is 0 Å². The summed E-state index contributed by atoms with van der Waals surface area (Å²) >= 11 is 0. The molecule has 0 aromatic heterocycles. The fourth-order valence-electron chi connectivity index (χ4n) is 1.60. The van der Waals surface area contributed by atoms with Gasteiger partial charge in [-0.25, -0.2) is 0 Å². The summed E-state index contributed by atoms with van der Waals surface area (Å²) in [5.74, 6) is -0.0189. The third-order valence-electron chi connectivity index (χ3n) is 2.85. The third kappa shape index (κ3) is 3.79. The van der Waals surface area contributed by atoms with Crippen LogP contribution < -0.4 is 5.32 Å². The molecule has 0 aliphatic rings. The van der Waals surface area contributed by atoms with Gasteiger partial charge in [-0.3, -0.25) is 4.79 Å². The average molecular weight is 246 g/mol. The molecule has 0 saturated carbocycles. The Morgan fingerprint density at radius 2 is 2.06 bits per heavy atom. The van der Waals surface area contributed by atoms with E-state index in [1.165, 1.54) is 0 Å². The van der Waals surface area contributed by atoms with Gasteiger partial charge in [0, 0.05) is 18.0 Å². The molecule has 0 atom stereocenters. The Hall–Kier alpha value is -2.00. The molecule has 0 radical (unpaired) electrons. The summed E-state index contributed by atoms with van der Waals surface area (Å²) in [5.41, 5.74) is 8.55. The van der Waals surface area contributed by atoms with Crippen LogP contribution in [0.5, 0.6) is 0 Å². The second kappa shape index (κ2) is 6.67. The van der Waals surface area contributed by atoms with Crippen molar-refractivity contribution in [2.75, 3.05) is 13.1 Å². The van der Waals surface area contributed by atoms with Crippen molar-refractivity contribution in [3.05, 3.63) is 46.3 Å². The van der Waals surface area contributed by atoms with Crippen molar-refractivity contribution < 1.29 is 4.79 Å². The highest BCUT2D eigenvalue weighted by molar-refractivity contribution is 5.87. The number of rotatable bonds is 6. The highest BCUT2D eigenvalue weighted by atomic mass is 16.2. The predicted molar refractivity (Wildman–Crippen MR) is 71.1 cm³/mol. The van der Waals surface area contributed by atoms with Crippen LogP contribution in [0.2, 0.25) is 0 Å². The number of hydrogen-bond acceptors (Lipinski definition) is 2. The van der Waals surface area contributed by atoms with E-state index in [0.29, 0.717) is 19.5 Å². The molecule has 0 saturated heterocycles. The van der Waals surface area contributed by atoms with Crippen molar-refractivity contribution in [2.45, 2.75) is 25.7 Å². The van der Waals surface area contributed by atoms with Gasteiger partial charge in [-0.15, -0.1) is 0 Å². The molecular weight excluding hydrogens is 228 g/mol. The highest BCUT2D eigenvalue weighted by Gasteiger charge is 2.28. The van der Waals surface area contributed by atoms with Crippen LogP contribution in [0.4, 0.5) is 0 Å². The van der Waals surface area contributed by atoms with Gasteiger partial charge in [-0.05, 0) is 31.4 Å². The number of nitrogens with one attached hydrogen (secondary N) is 1. The number of azide groups is 1. The molecule has 0 unspecified atom stereocenters. The van der Waals surface area contributed by atoms with Gasteiger partial charge < -0.3 is 5.32 Å². The van der Waals surface area contributed by atoms with Crippen LogP contribution in [-0.4, -0.2) is 19.0 Å². The molecule has 0 aliphatic carbocycles. The lowest BCUT2D eigenvalue weighted by atomic mass is 9.84. The summed E-state index contributed by atoms with van der Waals surface area (Å²) in [6.07, 6.45) is 0.653. The van der Waals surface area contributed by atoms with E-state index in [9.17, 15) is 4.79 Å². The molecule has 1 rings (SSSR count). The van der Waals surface area contributed by atoms with Crippen LogP contribution in [0, 0.1) is 0 Å². The minimum Gasteiger partial charge on any atom is -0.355 e. The Morgan fingerprint density at radius 3 is 2.67 bits per heavy atom. The lowest BCUT2D eigenvalue weighted by molar-refractivity contribution is -0.125. The maximum absolute atomic E-state index is 12.1. The Morgan fingerprint density at radius 1 is 1.39 bits per heavy atom. The van der Waals surface area contributed by atoms with Crippen LogP contribution in [0.15, 0.2) is 35.4 Å². The van der Waals surface area contributed by atoms with Crippen LogP contribution in [-0.2, 0) is 10.2 Å². The molecule has 1 aromatic carbocycles. The zero-order chi connectivity index (χ0) is 13.4. The standard InChI is InChI=1S/C13H18N4O/c1-13(2,11-7-4-3-5-8-11)12(18)15-9-6-10-16-17-14/h3-5,7-8H,6,9-10H2,1-2H3,(H,15,18). The number of amides is 1. The zero-order valence-electron chi connectivity index (χ0n) is 10.8. The number of carbonyl (C=O) groups is 1. The molecule has 1 N–H and O–H groups in total. The molecule has 0 spiro atoms. The first kappa shape index (κ1) is 14.1. The van der Waals surface area contributed by atoms with Crippen molar-refractivity contribution in [3.63, 3.8) is 0 Å². The van der Waals surface area contributed by atoms with Crippen LogP contribution >= 0.6 is 0 Å². The minimum atomic E-state index is -0.556. The summed E-state index contributed by atoms with van der Waals surface area (Å²) in [4.78, 5) is 14.7. The SMILES string of the molecule is CC(C)(C(=O)NCCCN=[N+]=[N-])c1ccccc1. The molecule has 1 aromatic rings. The Kier molecular flexibility index (Phi) is 5.21. The molecule has 0 fully saturated rings. The lowest BCUT2D eigenvalue weighted by Crippen LogP contribution is -2.40. The molecule has 5 heteroatoms. The first-order chi connectivity index (χ1) is 8.59. The van der Waals surface area contributed by atoms with Gasteiger partial charge in [-0.2, -0.15) is 0 Å². The van der Waals surface area contributed by atoms with Crippen LogP contribution in [0.25, 0.3) is 10.4 Å². The van der Waals surface area contributed by atoms with E-state index < -0.39 is 5.41 Å². The Balaban J connectivity index is 2.52. The molecule has 96 valence electrons. The maximum atomic E-state index is 12.1. The van der Waals surface area contributed by atoms with Gasteiger partial charge in [0.05, 0.1) is 5.41 Å². The molecule has 1 amide bonds. The zero-order valence-corrected chi connectivity index (χ0v) is 10.8. The van der Waals surface area contributed by atoms with Crippen molar-refractivity contribution >= 4 is 5.91 Å². The number of hydrogen-bond donors (Lipinski definition) is 1. The first-order valence-electron chi connectivity index (χ1n) is 5.93. The third-order valence-corrected chi connectivity index (χ3v) is 2.85. The summed E-state index contributed by atoms with van der Waals surface area (Å²) < 4.78 is 0. The Labute approximate surface area is 107 Å². The largest absolute Gasteiger partial charge is 0.355 e. The molecular formula is C13H18N4O. The minimum absolute atomic E-state index is 0.0189. The van der Waals surface area contributed by atoms with Crippen molar-refractivity contribution in [1.29, 1.82) is 0 Å². The topological polar surface area (TPSA) is 77.9 Å². The predicted octanol–water partition coefficient (Wildman–Crippen LogP) is 2.78. The number of carbonyl (C=O) groups excluding carboxylic acids is 1. The van der Waals surface area contributed by atoms with Gasteiger partial charge in [0.15, 0.2) is 0 Å². The summed E-state index contributed by atoms with van der Waals surface area (Å²) in [5, 5.41) is 6.28. The number of nitrogens with zero attached hydrogens (tertiary/aromatic N) is 3. The second-order valence-electron chi connectivity index (χ2n) is 4.55. The van der Waals surface area contributed by atoms with Crippen molar-refractivity contribution in [2.24, 2.45) is 5.11 Å². The van der Waals surface area contributed by atoms with E-state index >= 15 is 0 Å². The van der Waals surface area contributed by atoms with Crippen LogP contribution in [0.3, 0.4) is 0 Å². The lowest BCUT2D eigenvalue weighted by Gasteiger charge is -2.24. The highest BCUT2D eigenvalue weighted by Crippen LogP contribution is 2.22. The molecule has 5 nitrogen and oxygen atoms in total. The molecule has 18 heavy (non-hydrogen) atoms. The van der Waals surface area contributed by atoms with Gasteiger partial charge in [0.25, 0.3) is 0 Å². The van der Waals surface area contributed by atoms with Crippen LogP contribution in [0.1, 0.15) is 25.8 Å². The van der Waals surface area contributed by atoms with Gasteiger partial charge in [-0.1, -0.05) is 35.4 Å². The molecule has 0 aliphatic heterocycles. The fraction of sp³-hybridized carbons (Fsp3) is 0.462. The first-order valence-corrected chi connectivity index (χ1v) is 5.93. The number of benzene rings is 1. The van der Waals surface area contributed by atoms with Crippen molar-refractivity contribution in [1.82, 2.24) is 5.32 Å². The van der Waals surface area contributed by atoms with E-state index in [2.05, 4.69) is 15.3 Å². The van der Waals surface area contributed by atoms with E-state index in [0.717, 1.165) is 5.56 Å². The monoisotopic (exact) mass is 246 g/mol. The second-order valence-corrected chi connectivity index (χ2v) is 4.55. The summed E-state index contributed by atoms with van der Waals surface area (Å²) in [6, 6.07) is 9.66. The normalized spacial score (nSPS) is 10.6. The Bertz CT molecular complexity index is 436. The van der Waals surface area contributed by atoms with E-state index in [1.807, 2.05) is 44.2 Å². The van der Waals surface area contributed by atoms with Gasteiger partial charge >= 0.3 is 0 Å². The summed E-state index contributed by atoms with van der Waals surface area (Å²) in [6.45, 7) is 4.72. The van der Waals surface area contributed by atoms with Gasteiger partial charge in [0.1, 0.15) is 0 Å².